The molecule has 1 saturated carbocycles. The number of rotatable bonds is 5. The predicted octanol–water partition coefficient (Wildman–Crippen LogP) is 1.75. The van der Waals surface area contributed by atoms with Gasteiger partial charge in [-0.15, -0.1) is 0 Å². The molecule has 0 heterocycles. The van der Waals surface area contributed by atoms with Crippen LogP contribution in [0.1, 0.15) is 30.1 Å². The highest BCUT2D eigenvalue weighted by molar-refractivity contribution is 5.94. The van der Waals surface area contributed by atoms with Gasteiger partial charge in [0.2, 0.25) is 0 Å². The van der Waals surface area contributed by atoms with Gasteiger partial charge in [0.1, 0.15) is 0 Å². The SMILES string of the molecule is CC(CNC(=O)c1ccc(NN)cc1)C1CC1. The number of nitrogens with two attached hydrogens (primary N) is 1. The first-order valence-corrected chi connectivity index (χ1v) is 6.05. The van der Waals surface area contributed by atoms with Crippen LogP contribution in [0.5, 0.6) is 0 Å². The molecule has 1 unspecified atom stereocenters. The normalized spacial score (nSPS) is 16.4. The van der Waals surface area contributed by atoms with Crippen LogP contribution in [-0.4, -0.2) is 12.5 Å². The van der Waals surface area contributed by atoms with E-state index in [4.69, 9.17) is 5.84 Å². The number of amides is 1. The Hall–Kier alpha value is -1.55. The van der Waals surface area contributed by atoms with E-state index in [9.17, 15) is 4.79 Å². The Bertz CT molecular complexity index is 384. The van der Waals surface area contributed by atoms with Crippen LogP contribution in [0, 0.1) is 11.8 Å². The Labute approximate surface area is 102 Å². The Morgan fingerprint density at radius 1 is 1.41 bits per heavy atom. The summed E-state index contributed by atoms with van der Waals surface area (Å²) in [4.78, 5) is 11.8. The molecule has 4 N–H and O–H groups in total. The molecule has 2 rings (SSSR count). The van der Waals surface area contributed by atoms with Gasteiger partial charge in [-0.05, 0) is 48.9 Å². The lowest BCUT2D eigenvalue weighted by atomic mass is 10.1. The van der Waals surface area contributed by atoms with Crippen LogP contribution in [0.25, 0.3) is 0 Å². The van der Waals surface area contributed by atoms with Crippen molar-refractivity contribution in [3.8, 4) is 0 Å². The van der Waals surface area contributed by atoms with E-state index < -0.39 is 0 Å². The molecule has 1 atom stereocenters. The van der Waals surface area contributed by atoms with Gasteiger partial charge < -0.3 is 10.7 Å². The largest absolute Gasteiger partial charge is 0.352 e. The standard InChI is InChI=1S/C13H19N3O/c1-9(10-2-3-10)8-15-13(17)11-4-6-12(16-14)7-5-11/h4-7,9-10,16H,2-3,8,14H2,1H3,(H,15,17). The van der Waals surface area contributed by atoms with Gasteiger partial charge in [0.15, 0.2) is 0 Å². The highest BCUT2D eigenvalue weighted by Gasteiger charge is 2.27. The minimum absolute atomic E-state index is 0.0129. The summed E-state index contributed by atoms with van der Waals surface area (Å²) < 4.78 is 0. The Morgan fingerprint density at radius 3 is 2.59 bits per heavy atom. The Kier molecular flexibility index (Phi) is 3.64. The summed E-state index contributed by atoms with van der Waals surface area (Å²) in [5, 5.41) is 2.97. The van der Waals surface area contributed by atoms with Crippen molar-refractivity contribution in [2.24, 2.45) is 17.7 Å². The molecule has 1 aliphatic rings. The smallest absolute Gasteiger partial charge is 0.251 e. The average Bonchev–Trinajstić information content (AvgIpc) is 3.20. The van der Waals surface area contributed by atoms with Crippen LogP contribution < -0.4 is 16.6 Å². The topological polar surface area (TPSA) is 67.2 Å². The van der Waals surface area contributed by atoms with E-state index in [1.54, 1.807) is 24.3 Å². The molecule has 1 aromatic rings. The van der Waals surface area contributed by atoms with E-state index in [1.165, 1.54) is 12.8 Å². The van der Waals surface area contributed by atoms with E-state index in [-0.39, 0.29) is 5.91 Å². The van der Waals surface area contributed by atoms with Gasteiger partial charge in [-0.25, -0.2) is 0 Å². The van der Waals surface area contributed by atoms with Crippen molar-refractivity contribution in [1.82, 2.24) is 5.32 Å². The molecule has 4 nitrogen and oxygen atoms in total. The third kappa shape index (κ3) is 3.20. The maximum atomic E-state index is 11.8. The number of hydrazine groups is 1. The van der Waals surface area contributed by atoms with E-state index in [0.717, 1.165) is 18.2 Å². The summed E-state index contributed by atoms with van der Waals surface area (Å²) in [7, 11) is 0. The lowest BCUT2D eigenvalue weighted by molar-refractivity contribution is 0.0946. The summed E-state index contributed by atoms with van der Waals surface area (Å²) in [5.41, 5.74) is 4.01. The second kappa shape index (κ2) is 5.19. The first kappa shape index (κ1) is 11.9. The van der Waals surface area contributed by atoms with Crippen LogP contribution in [0.2, 0.25) is 0 Å². The Morgan fingerprint density at radius 2 is 2.06 bits per heavy atom. The molecular formula is C13H19N3O. The van der Waals surface area contributed by atoms with Gasteiger partial charge in [-0.3, -0.25) is 10.6 Å². The molecule has 0 bridgehead atoms. The number of carbonyl (C=O) groups excluding carboxylic acids is 1. The predicted molar refractivity (Wildman–Crippen MR) is 68.5 cm³/mol. The molecule has 17 heavy (non-hydrogen) atoms. The van der Waals surface area contributed by atoms with Crippen LogP contribution in [-0.2, 0) is 0 Å². The third-order valence-electron chi connectivity index (χ3n) is 3.33. The van der Waals surface area contributed by atoms with Crippen molar-refractivity contribution in [1.29, 1.82) is 0 Å². The molecule has 1 fully saturated rings. The summed E-state index contributed by atoms with van der Waals surface area (Å²) in [6.45, 7) is 2.96. The lowest BCUT2D eigenvalue weighted by Crippen LogP contribution is -2.28. The molecule has 0 spiro atoms. The maximum absolute atomic E-state index is 11.8. The number of carbonyl (C=O) groups is 1. The summed E-state index contributed by atoms with van der Waals surface area (Å²) in [6.07, 6.45) is 2.63. The second-order valence-electron chi connectivity index (χ2n) is 4.75. The van der Waals surface area contributed by atoms with Gasteiger partial charge in [0.05, 0.1) is 0 Å². The molecule has 0 aromatic heterocycles. The van der Waals surface area contributed by atoms with Crippen LogP contribution in [0.3, 0.4) is 0 Å². The first-order valence-electron chi connectivity index (χ1n) is 6.05. The molecule has 0 radical (unpaired) electrons. The molecular weight excluding hydrogens is 214 g/mol. The van der Waals surface area contributed by atoms with Crippen molar-refractivity contribution in [2.75, 3.05) is 12.0 Å². The second-order valence-corrected chi connectivity index (χ2v) is 4.75. The van der Waals surface area contributed by atoms with E-state index >= 15 is 0 Å². The van der Waals surface area contributed by atoms with Crippen molar-refractivity contribution in [2.45, 2.75) is 19.8 Å². The van der Waals surface area contributed by atoms with Gasteiger partial charge in [-0.2, -0.15) is 0 Å². The molecule has 1 aliphatic carbocycles. The Balaban J connectivity index is 1.85. The highest BCUT2D eigenvalue weighted by Crippen LogP contribution is 2.36. The molecule has 92 valence electrons. The minimum atomic E-state index is -0.0129. The van der Waals surface area contributed by atoms with Crippen molar-refractivity contribution in [3.63, 3.8) is 0 Å². The summed E-state index contributed by atoms with van der Waals surface area (Å²) in [6, 6.07) is 7.12. The van der Waals surface area contributed by atoms with Crippen LogP contribution in [0.4, 0.5) is 5.69 Å². The molecule has 0 saturated heterocycles. The fourth-order valence-electron chi connectivity index (χ4n) is 1.91. The van der Waals surface area contributed by atoms with Gasteiger partial charge >= 0.3 is 0 Å². The fourth-order valence-corrected chi connectivity index (χ4v) is 1.91. The van der Waals surface area contributed by atoms with Crippen molar-refractivity contribution < 1.29 is 4.79 Å². The number of nitrogens with one attached hydrogen (secondary N) is 2. The zero-order valence-corrected chi connectivity index (χ0v) is 10.1. The minimum Gasteiger partial charge on any atom is -0.352 e. The molecule has 1 aromatic carbocycles. The average molecular weight is 233 g/mol. The zero-order chi connectivity index (χ0) is 12.3. The van der Waals surface area contributed by atoms with Crippen LogP contribution >= 0.6 is 0 Å². The molecule has 0 aliphatic heterocycles. The number of hydrogen-bond acceptors (Lipinski definition) is 3. The van der Waals surface area contributed by atoms with E-state index in [0.29, 0.717) is 11.5 Å². The highest BCUT2D eigenvalue weighted by atomic mass is 16.1. The molecule has 1 amide bonds. The van der Waals surface area contributed by atoms with E-state index in [2.05, 4.69) is 17.7 Å². The zero-order valence-electron chi connectivity index (χ0n) is 10.1. The number of anilines is 1. The maximum Gasteiger partial charge on any atom is 0.251 e. The quantitative estimate of drug-likeness (QED) is 0.536. The number of hydrogen-bond donors (Lipinski definition) is 3. The van der Waals surface area contributed by atoms with Crippen molar-refractivity contribution >= 4 is 11.6 Å². The van der Waals surface area contributed by atoms with Gasteiger partial charge in [0.25, 0.3) is 5.91 Å². The van der Waals surface area contributed by atoms with Crippen molar-refractivity contribution in [3.05, 3.63) is 29.8 Å². The third-order valence-corrected chi connectivity index (χ3v) is 3.33. The monoisotopic (exact) mass is 233 g/mol. The molecule has 4 heteroatoms. The number of benzene rings is 1. The number of nitrogen functional groups attached to an aromatic ring is 1. The van der Waals surface area contributed by atoms with Gasteiger partial charge in [0, 0.05) is 17.8 Å². The fraction of sp³-hybridized carbons (Fsp3) is 0.462. The summed E-state index contributed by atoms with van der Waals surface area (Å²) >= 11 is 0. The first-order chi connectivity index (χ1) is 8.20. The van der Waals surface area contributed by atoms with Gasteiger partial charge in [-0.1, -0.05) is 6.92 Å². The summed E-state index contributed by atoms with van der Waals surface area (Å²) in [5.74, 6) is 6.66. The van der Waals surface area contributed by atoms with Crippen LogP contribution in [0.15, 0.2) is 24.3 Å². The van der Waals surface area contributed by atoms with E-state index in [1.807, 2.05) is 0 Å². The lowest BCUT2D eigenvalue weighted by Gasteiger charge is -2.11.